The van der Waals surface area contributed by atoms with E-state index in [1.165, 1.54) is 59.3 Å². The number of phenols is 2. The monoisotopic (exact) mass is 836 g/mol. The van der Waals surface area contributed by atoms with Gasteiger partial charge in [0.2, 0.25) is 0 Å². The maximum absolute atomic E-state index is 14.5. The van der Waals surface area contributed by atoms with Crippen LogP contribution in [-0.4, -0.2) is 105 Å². The van der Waals surface area contributed by atoms with Crippen LogP contribution in [0, 0.1) is 30.6 Å². The number of anilines is 1. The molecule has 15 heteroatoms. The number of phenolic OH excluding ortho intramolecular Hbond substituents is 2. The van der Waals surface area contributed by atoms with E-state index in [0.717, 1.165) is 19.3 Å². The van der Waals surface area contributed by atoms with E-state index in [1.54, 1.807) is 44.7 Å². The van der Waals surface area contributed by atoms with E-state index >= 15 is 0 Å². The largest absolute Gasteiger partial charge is 0.507 e. The third-order valence-electron chi connectivity index (χ3n) is 12.3. The minimum absolute atomic E-state index is 0.0115. The van der Waals surface area contributed by atoms with Crippen LogP contribution in [-0.2, 0) is 28.6 Å². The molecule has 15 nitrogen and oxygen atoms in total. The van der Waals surface area contributed by atoms with E-state index in [0.29, 0.717) is 6.54 Å². The molecule has 2 aromatic rings. The number of carbonyl (C=O) groups excluding carboxylic acids is 4. The van der Waals surface area contributed by atoms with Crippen LogP contribution in [0.3, 0.4) is 0 Å². The highest BCUT2D eigenvalue weighted by Crippen LogP contribution is 2.54. The predicted octanol–water partition coefficient (Wildman–Crippen LogP) is 5.83. The number of methoxy groups -OCH3 is 1. The lowest BCUT2D eigenvalue weighted by Crippen LogP contribution is -2.46. The summed E-state index contributed by atoms with van der Waals surface area (Å²) in [5, 5.41) is 48.6. The highest BCUT2D eigenvalue weighted by atomic mass is 16.7. The summed E-state index contributed by atoms with van der Waals surface area (Å²) in [5.41, 5.74) is 0.0317. The first-order valence-corrected chi connectivity index (χ1v) is 20.5. The number of Topliss-reactive ketones (excluding diaryl/α,β-unsaturated/α-hetero) is 1. The van der Waals surface area contributed by atoms with Gasteiger partial charge in [-0.25, -0.2) is 0 Å². The molecule has 1 fully saturated rings. The SMILES string of the molecule is CO[C@H]1/C=C/O[C@@]2(C)Oc3c(C)c(O)c4c(O)c(cc(OCC(=O)N5CCCCC5C)c4c3C2=O)NC(=O)/C(C)=C\C=C\[C@H](C)[C@H](O)[C@@H](C)[C@@H](O)[C@@H](C)[C@H](OC(C)=O)[C@@H]1C. The van der Waals surface area contributed by atoms with Crippen molar-refractivity contribution < 1.29 is 63.3 Å². The van der Waals surface area contributed by atoms with Crippen LogP contribution in [0.5, 0.6) is 23.0 Å². The second-order valence-electron chi connectivity index (χ2n) is 16.6. The number of amides is 2. The fourth-order valence-electron chi connectivity index (χ4n) is 8.44. The van der Waals surface area contributed by atoms with Crippen LogP contribution in [0.1, 0.15) is 90.6 Å². The Labute approximate surface area is 351 Å². The van der Waals surface area contributed by atoms with Crippen LogP contribution in [0.25, 0.3) is 10.8 Å². The Bertz CT molecular complexity index is 2080. The van der Waals surface area contributed by atoms with Crippen molar-refractivity contribution in [1.29, 1.82) is 0 Å². The first-order valence-electron chi connectivity index (χ1n) is 20.5. The van der Waals surface area contributed by atoms with E-state index in [1.807, 2.05) is 6.92 Å². The second-order valence-corrected chi connectivity index (χ2v) is 16.6. The van der Waals surface area contributed by atoms with Crippen LogP contribution in [0.15, 0.2) is 42.2 Å². The molecule has 0 spiro atoms. The van der Waals surface area contributed by atoms with Crippen molar-refractivity contribution in [2.45, 2.75) is 118 Å². The third kappa shape index (κ3) is 9.13. The Balaban J connectivity index is 1.66. The third-order valence-corrected chi connectivity index (χ3v) is 12.3. The molecule has 4 aliphatic heterocycles. The molecule has 60 heavy (non-hydrogen) atoms. The number of ether oxygens (including phenoxy) is 5. The molecular formula is C45H60N2O13. The van der Waals surface area contributed by atoms with Crippen LogP contribution in [0.4, 0.5) is 5.69 Å². The van der Waals surface area contributed by atoms with Crippen molar-refractivity contribution in [2.75, 3.05) is 25.6 Å². The van der Waals surface area contributed by atoms with Gasteiger partial charge in [-0.05, 0) is 46.1 Å². The summed E-state index contributed by atoms with van der Waals surface area (Å²) in [7, 11) is 1.44. The second kappa shape index (κ2) is 18.7. The van der Waals surface area contributed by atoms with E-state index in [-0.39, 0.29) is 56.6 Å². The van der Waals surface area contributed by atoms with Crippen molar-refractivity contribution >= 4 is 40.0 Å². The number of benzene rings is 2. The average Bonchev–Trinajstić information content (AvgIpc) is 3.48. The number of esters is 1. The number of allylic oxidation sites excluding steroid dienone is 2. The number of nitrogens with one attached hydrogen (secondary N) is 1. The van der Waals surface area contributed by atoms with Crippen molar-refractivity contribution in [2.24, 2.45) is 23.7 Å². The number of fused-ring (bicyclic) bond motifs is 14. The zero-order valence-corrected chi connectivity index (χ0v) is 36.1. The summed E-state index contributed by atoms with van der Waals surface area (Å²) in [6.07, 6.45) is 6.32. The van der Waals surface area contributed by atoms with Gasteiger partial charge in [-0.3, -0.25) is 19.2 Å². The van der Waals surface area contributed by atoms with Crippen molar-refractivity contribution in [3.8, 4) is 23.0 Å². The number of carbonyl (C=O) groups is 4. The van der Waals surface area contributed by atoms with Crippen LogP contribution >= 0.6 is 0 Å². The minimum Gasteiger partial charge on any atom is -0.507 e. The number of rotatable bonds is 5. The molecule has 1 unspecified atom stereocenters. The first kappa shape index (κ1) is 46.0. The number of aliphatic hydroxyl groups excluding tert-OH is 2. The quantitative estimate of drug-likeness (QED) is 0.178. The van der Waals surface area contributed by atoms with Gasteiger partial charge in [0, 0.05) is 79.8 Å². The lowest BCUT2D eigenvalue weighted by atomic mass is 9.78. The lowest BCUT2D eigenvalue weighted by Gasteiger charge is -2.38. The summed E-state index contributed by atoms with van der Waals surface area (Å²) >= 11 is 0. The fraction of sp³-hybridized carbons (Fsp3) is 0.556. The van der Waals surface area contributed by atoms with Crippen molar-refractivity contribution in [3.63, 3.8) is 0 Å². The van der Waals surface area contributed by atoms with Crippen molar-refractivity contribution in [1.82, 2.24) is 4.90 Å². The maximum atomic E-state index is 14.5. The molecule has 5 bridgehead atoms. The van der Waals surface area contributed by atoms with Gasteiger partial charge in [0.05, 0.1) is 41.2 Å². The minimum atomic E-state index is -2.02. The molecule has 0 aliphatic carbocycles. The highest BCUT2D eigenvalue weighted by Gasteiger charge is 2.50. The standard InChI is InChI=1S/C45H60N2O13/c1-22-14-13-15-23(2)44(55)46-30-20-32(57-21-33(49)47-18-12-11-16-24(47)3)34-35(40(30)53)39(52)28(7)42-36(34)43(54)45(9,60-42)58-19-17-31(56-10)25(4)41(59-29(8)48)27(6)38(51)26(5)37(22)50/h13-15,17,19-20,22,24-27,31,37-38,41,50-53H,11-12,16,18,21H2,1-10H3,(H,46,55)/b14-13+,19-17+,23-15-/t22-,24?,25+,26+,27+,31-,37-,38+,41+,45-/m0/s1. The number of nitrogens with zero attached hydrogens (tertiary/aromatic N) is 1. The Kier molecular flexibility index (Phi) is 14.3. The predicted molar refractivity (Wildman–Crippen MR) is 223 cm³/mol. The van der Waals surface area contributed by atoms with Gasteiger partial charge in [0.1, 0.15) is 23.4 Å². The number of hydrogen-bond donors (Lipinski definition) is 5. The Morgan fingerprint density at radius 1 is 0.967 bits per heavy atom. The molecule has 1 saturated heterocycles. The van der Waals surface area contributed by atoms with Gasteiger partial charge in [0.15, 0.2) is 12.4 Å². The van der Waals surface area contributed by atoms with Gasteiger partial charge in [-0.1, -0.05) is 45.9 Å². The maximum Gasteiger partial charge on any atom is 0.312 e. The molecule has 2 amide bonds. The normalized spacial score (nSPS) is 32.4. The average molecular weight is 837 g/mol. The number of aliphatic hydroxyl groups is 2. The molecule has 0 radical (unpaired) electrons. The molecular weight excluding hydrogens is 776 g/mol. The number of likely N-dealkylation sites (tertiary alicyclic amines) is 1. The molecule has 328 valence electrons. The van der Waals surface area contributed by atoms with E-state index < -0.39 is 89.6 Å². The van der Waals surface area contributed by atoms with Crippen LogP contribution in [0.2, 0.25) is 0 Å². The highest BCUT2D eigenvalue weighted by molar-refractivity contribution is 6.21. The summed E-state index contributed by atoms with van der Waals surface area (Å²) in [6.45, 7) is 14.7. The summed E-state index contributed by atoms with van der Waals surface area (Å²) in [6, 6.07) is 1.28. The van der Waals surface area contributed by atoms with Gasteiger partial charge < -0.3 is 54.3 Å². The Hall–Kier alpha value is -5.12. The zero-order valence-electron chi connectivity index (χ0n) is 36.1. The zero-order chi connectivity index (χ0) is 44.4. The molecule has 0 aromatic heterocycles. The number of aromatic hydroxyl groups is 2. The van der Waals surface area contributed by atoms with Gasteiger partial charge >= 0.3 is 11.8 Å². The smallest absolute Gasteiger partial charge is 0.312 e. The molecule has 4 heterocycles. The Morgan fingerprint density at radius 3 is 2.32 bits per heavy atom. The molecule has 2 aromatic carbocycles. The van der Waals surface area contributed by atoms with Crippen LogP contribution < -0.4 is 14.8 Å². The Morgan fingerprint density at radius 2 is 1.67 bits per heavy atom. The molecule has 10 atom stereocenters. The van der Waals surface area contributed by atoms with Gasteiger partial charge in [-0.2, -0.15) is 0 Å². The molecule has 4 aliphatic rings. The fourth-order valence-corrected chi connectivity index (χ4v) is 8.44. The van der Waals surface area contributed by atoms with E-state index in [2.05, 4.69) is 5.32 Å². The lowest BCUT2D eigenvalue weighted by molar-refractivity contribution is -0.160. The number of hydrogen-bond acceptors (Lipinski definition) is 13. The summed E-state index contributed by atoms with van der Waals surface area (Å²) in [5.74, 6) is -7.87. The number of piperidine rings is 1. The van der Waals surface area contributed by atoms with E-state index in [4.69, 9.17) is 23.7 Å². The molecule has 0 saturated carbocycles. The van der Waals surface area contributed by atoms with Gasteiger partial charge in [0.25, 0.3) is 17.6 Å². The summed E-state index contributed by atoms with van der Waals surface area (Å²) < 4.78 is 29.9. The van der Waals surface area contributed by atoms with Crippen molar-refractivity contribution in [3.05, 3.63) is 53.3 Å². The van der Waals surface area contributed by atoms with E-state index in [9.17, 15) is 39.6 Å². The molecule has 5 N–H and O–H groups in total. The number of ketones is 1. The first-order chi connectivity index (χ1) is 28.2. The topological polar surface area (TPSA) is 211 Å². The molecule has 6 rings (SSSR count). The van der Waals surface area contributed by atoms with Gasteiger partial charge in [-0.15, -0.1) is 0 Å². The summed E-state index contributed by atoms with van der Waals surface area (Å²) in [4.78, 5) is 55.7.